The topological polar surface area (TPSA) is 105 Å². The first-order valence-electron chi connectivity index (χ1n) is 7.42. The lowest BCUT2D eigenvalue weighted by Gasteiger charge is -2.36. The van der Waals surface area contributed by atoms with Gasteiger partial charge in [0.2, 0.25) is 17.6 Å². The Morgan fingerprint density at radius 1 is 1.39 bits per heavy atom. The maximum atomic E-state index is 12.2. The van der Waals surface area contributed by atoms with Gasteiger partial charge in [-0.2, -0.15) is 4.98 Å². The van der Waals surface area contributed by atoms with Crippen LogP contribution >= 0.6 is 0 Å². The molecule has 1 saturated carbocycles. The Hall–Kier alpha value is -2.70. The molecule has 3 rings (SSSR count). The Kier molecular flexibility index (Phi) is 3.85. The van der Waals surface area contributed by atoms with Crippen molar-refractivity contribution in [3.8, 4) is 11.4 Å². The molecule has 2 N–H and O–H groups in total. The van der Waals surface area contributed by atoms with E-state index in [1.807, 2.05) is 6.07 Å². The third kappa shape index (κ3) is 3.08. The molecule has 0 radical (unpaired) electrons. The predicted octanol–water partition coefficient (Wildman–Crippen LogP) is 2.63. The molecule has 1 fully saturated rings. The molecule has 120 valence electrons. The first-order valence-corrected chi connectivity index (χ1v) is 7.42. The zero-order valence-corrected chi connectivity index (χ0v) is 12.7. The van der Waals surface area contributed by atoms with Gasteiger partial charge >= 0.3 is 5.97 Å². The fourth-order valence-corrected chi connectivity index (χ4v) is 2.73. The zero-order valence-electron chi connectivity index (χ0n) is 12.7. The molecule has 1 aromatic carbocycles. The SMILES string of the molecule is Cc1nc(-c2cccc(NC(=O)CC3(C(=O)O)CCC3)c2)no1. The van der Waals surface area contributed by atoms with Crippen LogP contribution in [-0.2, 0) is 9.59 Å². The van der Waals surface area contributed by atoms with E-state index >= 15 is 0 Å². The number of anilines is 1. The van der Waals surface area contributed by atoms with Crippen molar-refractivity contribution in [3.05, 3.63) is 30.2 Å². The van der Waals surface area contributed by atoms with Crippen LogP contribution in [0.2, 0.25) is 0 Å². The summed E-state index contributed by atoms with van der Waals surface area (Å²) in [6.45, 7) is 1.70. The number of nitrogens with zero attached hydrogens (tertiary/aromatic N) is 2. The quantitative estimate of drug-likeness (QED) is 0.878. The van der Waals surface area contributed by atoms with E-state index in [4.69, 9.17) is 4.52 Å². The normalized spacial score (nSPS) is 15.7. The van der Waals surface area contributed by atoms with Gasteiger partial charge in [0.1, 0.15) is 0 Å². The summed E-state index contributed by atoms with van der Waals surface area (Å²) in [6.07, 6.45) is 1.95. The van der Waals surface area contributed by atoms with Gasteiger partial charge in [0, 0.05) is 24.6 Å². The van der Waals surface area contributed by atoms with Gasteiger partial charge in [-0.1, -0.05) is 23.7 Å². The number of carboxylic acid groups (broad SMARTS) is 1. The summed E-state index contributed by atoms with van der Waals surface area (Å²) in [7, 11) is 0. The molecule has 1 heterocycles. The van der Waals surface area contributed by atoms with Gasteiger partial charge < -0.3 is 14.9 Å². The first kappa shape index (κ1) is 15.2. The molecule has 0 bridgehead atoms. The smallest absolute Gasteiger partial charge is 0.310 e. The van der Waals surface area contributed by atoms with Crippen LogP contribution in [0.5, 0.6) is 0 Å². The van der Waals surface area contributed by atoms with Crippen molar-refractivity contribution in [1.82, 2.24) is 10.1 Å². The van der Waals surface area contributed by atoms with Crippen molar-refractivity contribution in [2.75, 3.05) is 5.32 Å². The zero-order chi connectivity index (χ0) is 16.4. The number of aryl methyl sites for hydroxylation is 1. The molecule has 1 amide bonds. The third-order valence-corrected chi connectivity index (χ3v) is 4.20. The van der Waals surface area contributed by atoms with E-state index in [0.717, 1.165) is 12.0 Å². The molecule has 7 nitrogen and oxygen atoms in total. The second-order valence-electron chi connectivity index (χ2n) is 5.88. The van der Waals surface area contributed by atoms with Gasteiger partial charge in [0.25, 0.3) is 0 Å². The van der Waals surface area contributed by atoms with Crippen LogP contribution in [0.25, 0.3) is 11.4 Å². The minimum atomic E-state index is -0.896. The highest BCUT2D eigenvalue weighted by atomic mass is 16.5. The van der Waals surface area contributed by atoms with Crippen LogP contribution in [0, 0.1) is 12.3 Å². The number of carbonyl (C=O) groups is 2. The highest BCUT2D eigenvalue weighted by Gasteiger charge is 2.45. The molecule has 0 atom stereocenters. The van der Waals surface area contributed by atoms with Crippen LogP contribution in [0.4, 0.5) is 5.69 Å². The largest absolute Gasteiger partial charge is 0.481 e. The molecule has 7 heteroatoms. The van der Waals surface area contributed by atoms with Crippen LogP contribution in [-0.4, -0.2) is 27.1 Å². The number of carbonyl (C=O) groups excluding carboxylic acids is 1. The summed E-state index contributed by atoms with van der Waals surface area (Å²) >= 11 is 0. The van der Waals surface area contributed by atoms with Crippen LogP contribution in [0.3, 0.4) is 0 Å². The number of benzene rings is 1. The predicted molar refractivity (Wildman–Crippen MR) is 81.6 cm³/mol. The van der Waals surface area contributed by atoms with Gasteiger partial charge in [-0.3, -0.25) is 9.59 Å². The van der Waals surface area contributed by atoms with E-state index in [-0.39, 0.29) is 12.3 Å². The van der Waals surface area contributed by atoms with Gasteiger partial charge in [-0.25, -0.2) is 0 Å². The summed E-state index contributed by atoms with van der Waals surface area (Å²) in [5, 5.41) is 15.9. The molecule has 2 aromatic rings. The molecular weight excluding hydrogens is 298 g/mol. The maximum Gasteiger partial charge on any atom is 0.310 e. The lowest BCUT2D eigenvalue weighted by molar-refractivity contribution is -0.157. The number of hydrogen-bond donors (Lipinski definition) is 2. The highest BCUT2D eigenvalue weighted by Crippen LogP contribution is 2.44. The average molecular weight is 315 g/mol. The Bertz CT molecular complexity index is 749. The fraction of sp³-hybridized carbons (Fsp3) is 0.375. The number of carboxylic acids is 1. The van der Waals surface area contributed by atoms with Gasteiger partial charge in [0.15, 0.2) is 0 Å². The molecule has 1 aromatic heterocycles. The summed E-state index contributed by atoms with van der Waals surface area (Å²) in [6, 6.07) is 7.05. The van der Waals surface area contributed by atoms with Crippen molar-refractivity contribution in [2.45, 2.75) is 32.6 Å². The third-order valence-electron chi connectivity index (χ3n) is 4.20. The monoisotopic (exact) mass is 315 g/mol. The van der Waals surface area contributed by atoms with E-state index in [9.17, 15) is 14.7 Å². The van der Waals surface area contributed by atoms with E-state index in [0.29, 0.717) is 30.2 Å². The van der Waals surface area contributed by atoms with Crippen molar-refractivity contribution in [1.29, 1.82) is 0 Å². The molecule has 0 aliphatic heterocycles. The number of hydrogen-bond acceptors (Lipinski definition) is 5. The van der Waals surface area contributed by atoms with E-state index in [2.05, 4.69) is 15.5 Å². The van der Waals surface area contributed by atoms with Gasteiger partial charge in [-0.05, 0) is 25.0 Å². The molecule has 1 aliphatic carbocycles. The first-order chi connectivity index (χ1) is 11.0. The summed E-state index contributed by atoms with van der Waals surface area (Å²) in [5.74, 6) is -0.286. The Labute approximate surface area is 132 Å². The molecule has 0 saturated heterocycles. The molecule has 1 aliphatic rings. The lowest BCUT2D eigenvalue weighted by atomic mass is 9.66. The number of aliphatic carboxylic acids is 1. The highest BCUT2D eigenvalue weighted by molar-refractivity contribution is 5.95. The second-order valence-corrected chi connectivity index (χ2v) is 5.88. The Morgan fingerprint density at radius 3 is 2.74 bits per heavy atom. The second kappa shape index (κ2) is 5.83. The van der Waals surface area contributed by atoms with Crippen LogP contribution in [0.15, 0.2) is 28.8 Å². The molecule has 23 heavy (non-hydrogen) atoms. The van der Waals surface area contributed by atoms with E-state index in [1.165, 1.54) is 0 Å². The number of nitrogens with one attached hydrogen (secondary N) is 1. The Morgan fingerprint density at radius 2 is 2.17 bits per heavy atom. The van der Waals surface area contributed by atoms with E-state index in [1.54, 1.807) is 25.1 Å². The maximum absolute atomic E-state index is 12.2. The lowest BCUT2D eigenvalue weighted by Crippen LogP contribution is -2.41. The van der Waals surface area contributed by atoms with Crippen molar-refractivity contribution < 1.29 is 19.2 Å². The van der Waals surface area contributed by atoms with Crippen molar-refractivity contribution in [2.24, 2.45) is 5.41 Å². The van der Waals surface area contributed by atoms with E-state index < -0.39 is 11.4 Å². The number of rotatable bonds is 5. The summed E-state index contributed by atoms with van der Waals surface area (Å²) in [4.78, 5) is 27.6. The standard InChI is InChI=1S/C16H17N3O4/c1-10-17-14(19-23-10)11-4-2-5-12(8-11)18-13(20)9-16(15(21)22)6-3-7-16/h2,4-5,8H,3,6-7,9H2,1H3,(H,18,20)(H,21,22). The summed E-state index contributed by atoms with van der Waals surface area (Å²) < 4.78 is 4.94. The Balaban J connectivity index is 1.70. The number of amides is 1. The average Bonchev–Trinajstić information content (AvgIpc) is 2.89. The van der Waals surface area contributed by atoms with Crippen LogP contribution < -0.4 is 5.32 Å². The number of aromatic nitrogens is 2. The molecular formula is C16H17N3O4. The molecule has 0 unspecified atom stereocenters. The van der Waals surface area contributed by atoms with Gasteiger partial charge in [0.05, 0.1) is 5.41 Å². The van der Waals surface area contributed by atoms with Crippen molar-refractivity contribution in [3.63, 3.8) is 0 Å². The minimum absolute atomic E-state index is 0.00607. The fourth-order valence-electron chi connectivity index (χ4n) is 2.73. The summed E-state index contributed by atoms with van der Waals surface area (Å²) in [5.41, 5.74) is 0.401. The van der Waals surface area contributed by atoms with Crippen LogP contribution in [0.1, 0.15) is 31.6 Å². The minimum Gasteiger partial charge on any atom is -0.481 e. The van der Waals surface area contributed by atoms with Crippen molar-refractivity contribution >= 4 is 17.6 Å². The van der Waals surface area contributed by atoms with Gasteiger partial charge in [-0.15, -0.1) is 0 Å². The molecule has 0 spiro atoms.